The van der Waals surface area contributed by atoms with Crippen molar-refractivity contribution in [2.24, 2.45) is 0 Å². The van der Waals surface area contributed by atoms with Crippen molar-refractivity contribution in [3.63, 3.8) is 0 Å². The zero-order chi connectivity index (χ0) is 19.4. The highest BCUT2D eigenvalue weighted by atomic mass is 32.1. The Morgan fingerprint density at radius 2 is 1.93 bits per heavy atom. The van der Waals surface area contributed by atoms with Crippen LogP contribution in [0.1, 0.15) is 49.9 Å². The maximum Gasteiger partial charge on any atom is 0.269 e. The monoisotopic (exact) mass is 402 g/mol. The molecule has 2 heterocycles. The number of nitrogens with one attached hydrogen (secondary N) is 1. The van der Waals surface area contributed by atoms with Gasteiger partial charge in [-0.2, -0.15) is 0 Å². The smallest absolute Gasteiger partial charge is 0.269 e. The van der Waals surface area contributed by atoms with Crippen molar-refractivity contribution in [3.05, 3.63) is 49.9 Å². The van der Waals surface area contributed by atoms with E-state index in [1.54, 1.807) is 0 Å². The minimum atomic E-state index is -0.207. The SMILES string of the molecule is CCCc1nnc(NC(=O)c2sc(COc3ccc(C)c(C)c3)nc2C)s1. The van der Waals surface area contributed by atoms with E-state index < -0.39 is 0 Å². The van der Waals surface area contributed by atoms with E-state index in [1.165, 1.54) is 33.8 Å². The molecule has 0 radical (unpaired) electrons. The van der Waals surface area contributed by atoms with Gasteiger partial charge in [0.1, 0.15) is 27.2 Å². The van der Waals surface area contributed by atoms with Crippen LogP contribution >= 0.6 is 22.7 Å². The van der Waals surface area contributed by atoms with Crippen LogP contribution in [0.15, 0.2) is 18.2 Å². The van der Waals surface area contributed by atoms with Crippen LogP contribution in [0.4, 0.5) is 5.13 Å². The van der Waals surface area contributed by atoms with E-state index in [0.29, 0.717) is 22.3 Å². The van der Waals surface area contributed by atoms with Crippen molar-refractivity contribution in [3.8, 4) is 5.75 Å². The second-order valence-corrected chi connectivity index (χ2v) is 8.41. The minimum Gasteiger partial charge on any atom is -0.486 e. The zero-order valence-electron chi connectivity index (χ0n) is 15.8. The number of thiazole rings is 1. The molecule has 27 heavy (non-hydrogen) atoms. The van der Waals surface area contributed by atoms with Gasteiger partial charge in [0.2, 0.25) is 5.13 Å². The van der Waals surface area contributed by atoms with Crippen LogP contribution in [0.5, 0.6) is 5.75 Å². The topological polar surface area (TPSA) is 77.0 Å². The molecule has 0 bridgehead atoms. The number of carbonyl (C=O) groups is 1. The van der Waals surface area contributed by atoms with Crippen molar-refractivity contribution in [2.75, 3.05) is 5.32 Å². The number of hydrogen-bond acceptors (Lipinski definition) is 7. The number of aromatic nitrogens is 3. The Balaban J connectivity index is 1.64. The standard InChI is InChI=1S/C19H22N4O2S2/c1-5-6-15-22-23-19(27-15)21-18(24)17-13(4)20-16(26-17)10-25-14-8-7-11(2)12(3)9-14/h7-9H,5-6,10H2,1-4H3,(H,21,23,24). The van der Waals surface area contributed by atoms with E-state index in [0.717, 1.165) is 28.6 Å². The van der Waals surface area contributed by atoms with Crippen LogP contribution in [0, 0.1) is 20.8 Å². The third-order valence-corrected chi connectivity index (χ3v) is 6.07. The molecule has 1 aromatic carbocycles. The van der Waals surface area contributed by atoms with Gasteiger partial charge in [-0.25, -0.2) is 4.98 Å². The molecule has 3 rings (SSSR count). The first kappa shape index (κ1) is 19.4. The summed E-state index contributed by atoms with van der Waals surface area (Å²) in [5.74, 6) is 0.593. The average molecular weight is 403 g/mol. The third-order valence-electron chi connectivity index (χ3n) is 4.04. The van der Waals surface area contributed by atoms with Crippen molar-refractivity contribution in [1.82, 2.24) is 15.2 Å². The Morgan fingerprint density at radius 1 is 1.11 bits per heavy atom. The molecule has 0 fully saturated rings. The molecule has 2 aromatic heterocycles. The summed E-state index contributed by atoms with van der Waals surface area (Å²) in [5, 5.41) is 13.1. The first-order chi connectivity index (χ1) is 13.0. The number of nitrogens with zero attached hydrogens (tertiary/aromatic N) is 3. The van der Waals surface area contributed by atoms with Gasteiger partial charge in [-0.05, 0) is 50.5 Å². The summed E-state index contributed by atoms with van der Waals surface area (Å²) < 4.78 is 5.82. The van der Waals surface area contributed by atoms with Gasteiger partial charge in [0.05, 0.1) is 5.69 Å². The van der Waals surface area contributed by atoms with Crippen LogP contribution in [0.2, 0.25) is 0 Å². The number of amides is 1. The van der Waals surface area contributed by atoms with E-state index >= 15 is 0 Å². The van der Waals surface area contributed by atoms with Gasteiger partial charge >= 0.3 is 0 Å². The number of aryl methyl sites for hydroxylation is 4. The second-order valence-electron chi connectivity index (χ2n) is 6.26. The third kappa shape index (κ3) is 4.90. The highest BCUT2D eigenvalue weighted by molar-refractivity contribution is 7.16. The van der Waals surface area contributed by atoms with Crippen LogP contribution in [-0.4, -0.2) is 21.1 Å². The minimum absolute atomic E-state index is 0.207. The molecule has 0 unspecified atom stereocenters. The fourth-order valence-corrected chi connectivity index (χ4v) is 4.16. The summed E-state index contributed by atoms with van der Waals surface area (Å²) in [6, 6.07) is 5.98. The van der Waals surface area contributed by atoms with Gasteiger partial charge < -0.3 is 4.74 Å². The van der Waals surface area contributed by atoms with E-state index in [1.807, 2.05) is 25.1 Å². The van der Waals surface area contributed by atoms with Crippen molar-refractivity contribution < 1.29 is 9.53 Å². The van der Waals surface area contributed by atoms with Crippen molar-refractivity contribution in [1.29, 1.82) is 0 Å². The summed E-state index contributed by atoms with van der Waals surface area (Å²) >= 11 is 2.75. The van der Waals surface area contributed by atoms with E-state index in [2.05, 4.69) is 41.3 Å². The Morgan fingerprint density at radius 3 is 2.67 bits per heavy atom. The van der Waals surface area contributed by atoms with Gasteiger partial charge in [0, 0.05) is 6.42 Å². The molecular formula is C19H22N4O2S2. The molecule has 3 aromatic rings. The molecule has 6 nitrogen and oxygen atoms in total. The zero-order valence-corrected chi connectivity index (χ0v) is 17.5. The molecular weight excluding hydrogens is 380 g/mol. The molecule has 0 aliphatic rings. The predicted octanol–water partition coefficient (Wildman–Crippen LogP) is 4.70. The summed E-state index contributed by atoms with van der Waals surface area (Å²) in [4.78, 5) is 17.6. The number of carbonyl (C=O) groups excluding carboxylic acids is 1. The molecule has 142 valence electrons. The Labute approximate surface area is 166 Å². The lowest BCUT2D eigenvalue weighted by Crippen LogP contribution is -2.11. The average Bonchev–Trinajstić information content (AvgIpc) is 3.22. The molecule has 0 spiro atoms. The van der Waals surface area contributed by atoms with Crippen LogP contribution < -0.4 is 10.1 Å². The van der Waals surface area contributed by atoms with Crippen LogP contribution in [-0.2, 0) is 13.0 Å². The van der Waals surface area contributed by atoms with Crippen LogP contribution in [0.3, 0.4) is 0 Å². The molecule has 0 aliphatic carbocycles. The van der Waals surface area contributed by atoms with E-state index in [9.17, 15) is 4.79 Å². The summed E-state index contributed by atoms with van der Waals surface area (Å²) in [7, 11) is 0. The largest absolute Gasteiger partial charge is 0.486 e. The lowest BCUT2D eigenvalue weighted by molar-refractivity contribution is 0.102. The molecule has 0 aliphatic heterocycles. The fourth-order valence-electron chi connectivity index (χ4n) is 2.45. The maximum atomic E-state index is 12.5. The summed E-state index contributed by atoms with van der Waals surface area (Å²) in [6.07, 6.45) is 1.87. The van der Waals surface area contributed by atoms with Gasteiger partial charge in [-0.1, -0.05) is 24.3 Å². The van der Waals surface area contributed by atoms with Gasteiger partial charge in [0.15, 0.2) is 0 Å². The van der Waals surface area contributed by atoms with E-state index in [-0.39, 0.29) is 5.91 Å². The first-order valence-corrected chi connectivity index (χ1v) is 10.4. The maximum absolute atomic E-state index is 12.5. The molecule has 1 amide bonds. The number of hydrogen-bond donors (Lipinski definition) is 1. The highest BCUT2D eigenvalue weighted by Gasteiger charge is 2.17. The lowest BCUT2D eigenvalue weighted by atomic mass is 10.1. The Kier molecular flexibility index (Phi) is 6.18. The number of benzene rings is 1. The molecule has 8 heteroatoms. The van der Waals surface area contributed by atoms with Crippen LogP contribution in [0.25, 0.3) is 0 Å². The number of rotatable bonds is 7. The Bertz CT molecular complexity index is 949. The second kappa shape index (κ2) is 8.58. The van der Waals surface area contributed by atoms with Crippen molar-refractivity contribution in [2.45, 2.75) is 47.1 Å². The summed E-state index contributed by atoms with van der Waals surface area (Å²) in [5.41, 5.74) is 3.10. The molecule has 0 saturated heterocycles. The first-order valence-electron chi connectivity index (χ1n) is 8.76. The molecule has 1 N–H and O–H groups in total. The normalized spacial score (nSPS) is 10.8. The molecule has 0 saturated carbocycles. The van der Waals surface area contributed by atoms with E-state index in [4.69, 9.17) is 4.74 Å². The van der Waals surface area contributed by atoms with Gasteiger partial charge in [-0.15, -0.1) is 21.5 Å². The Hall–Kier alpha value is -2.32. The number of anilines is 1. The highest BCUT2D eigenvalue weighted by Crippen LogP contribution is 2.24. The quantitative estimate of drug-likeness (QED) is 0.620. The lowest BCUT2D eigenvalue weighted by Gasteiger charge is -2.06. The molecule has 0 atom stereocenters. The summed E-state index contributed by atoms with van der Waals surface area (Å²) in [6.45, 7) is 8.37. The van der Waals surface area contributed by atoms with Gasteiger partial charge in [-0.3, -0.25) is 10.1 Å². The fraction of sp³-hybridized carbons (Fsp3) is 0.368. The number of ether oxygens (including phenoxy) is 1. The van der Waals surface area contributed by atoms with Gasteiger partial charge in [0.25, 0.3) is 5.91 Å². The van der Waals surface area contributed by atoms with Crippen molar-refractivity contribution >= 4 is 33.7 Å². The predicted molar refractivity (Wildman–Crippen MR) is 109 cm³/mol.